The van der Waals surface area contributed by atoms with Crippen molar-refractivity contribution in [2.75, 3.05) is 22.7 Å². The molecule has 0 radical (unpaired) electrons. The molecule has 2 aromatic carbocycles. The second-order valence-corrected chi connectivity index (χ2v) is 8.99. The first-order valence-corrected chi connectivity index (χ1v) is 10.4. The summed E-state index contributed by atoms with van der Waals surface area (Å²) in [5.41, 5.74) is 0.964. The highest BCUT2D eigenvalue weighted by Crippen LogP contribution is 2.31. The fourth-order valence-corrected chi connectivity index (χ4v) is 4.79. The molecule has 6 nitrogen and oxygen atoms in total. The molecule has 0 aliphatic carbocycles. The van der Waals surface area contributed by atoms with E-state index in [9.17, 15) is 18.3 Å². The smallest absolute Gasteiger partial charge is 0.337 e. The molecule has 144 valence electrons. The Morgan fingerprint density at radius 3 is 2.30 bits per heavy atom. The van der Waals surface area contributed by atoms with Crippen molar-refractivity contribution in [3.05, 3.63) is 54.1 Å². The number of benzene rings is 2. The Kier molecular flexibility index (Phi) is 5.41. The number of nitrogens with zero attached hydrogens (tertiary/aromatic N) is 1. The molecule has 1 aliphatic heterocycles. The van der Waals surface area contributed by atoms with Gasteiger partial charge in [0, 0.05) is 18.8 Å². The van der Waals surface area contributed by atoms with Crippen molar-refractivity contribution in [3.63, 3.8) is 0 Å². The van der Waals surface area contributed by atoms with Gasteiger partial charge >= 0.3 is 5.97 Å². The largest absolute Gasteiger partial charge is 0.478 e. The number of nitrogens with one attached hydrogen (secondary N) is 1. The second-order valence-electron chi connectivity index (χ2n) is 7.31. The maximum atomic E-state index is 12.5. The van der Waals surface area contributed by atoms with Gasteiger partial charge in [-0.2, -0.15) is 0 Å². The molecule has 27 heavy (non-hydrogen) atoms. The zero-order valence-electron chi connectivity index (χ0n) is 15.4. The van der Waals surface area contributed by atoms with Crippen molar-refractivity contribution in [3.8, 4) is 0 Å². The van der Waals surface area contributed by atoms with E-state index in [1.807, 2.05) is 0 Å². The molecule has 1 saturated heterocycles. The van der Waals surface area contributed by atoms with Crippen molar-refractivity contribution >= 4 is 27.4 Å². The van der Waals surface area contributed by atoms with Crippen LogP contribution in [0.3, 0.4) is 0 Å². The van der Waals surface area contributed by atoms with E-state index in [0.29, 0.717) is 17.5 Å². The van der Waals surface area contributed by atoms with Gasteiger partial charge < -0.3 is 10.0 Å². The highest BCUT2D eigenvalue weighted by atomic mass is 32.2. The van der Waals surface area contributed by atoms with E-state index in [2.05, 4.69) is 23.5 Å². The summed E-state index contributed by atoms with van der Waals surface area (Å²) < 4.78 is 27.4. The lowest BCUT2D eigenvalue weighted by atomic mass is 9.91. The first-order chi connectivity index (χ1) is 12.8. The van der Waals surface area contributed by atoms with Gasteiger partial charge in [-0.3, -0.25) is 4.72 Å². The quantitative estimate of drug-likeness (QED) is 0.816. The summed E-state index contributed by atoms with van der Waals surface area (Å²) in [4.78, 5) is 14.0. The number of carboxylic acids is 1. The van der Waals surface area contributed by atoms with Gasteiger partial charge in [-0.1, -0.05) is 32.0 Å². The lowest BCUT2D eigenvalue weighted by molar-refractivity contribution is 0.0697. The van der Waals surface area contributed by atoms with Crippen LogP contribution < -0.4 is 9.62 Å². The van der Waals surface area contributed by atoms with Gasteiger partial charge in [0.15, 0.2) is 0 Å². The summed E-state index contributed by atoms with van der Waals surface area (Å²) in [5.74, 6) is -0.116. The number of aromatic carboxylic acids is 1. The molecule has 0 amide bonds. The van der Waals surface area contributed by atoms with E-state index in [4.69, 9.17) is 0 Å². The highest BCUT2D eigenvalue weighted by molar-refractivity contribution is 7.92. The van der Waals surface area contributed by atoms with E-state index in [-0.39, 0.29) is 16.1 Å². The first kappa shape index (κ1) is 19.2. The molecule has 2 atom stereocenters. The van der Waals surface area contributed by atoms with E-state index < -0.39 is 16.0 Å². The van der Waals surface area contributed by atoms with Crippen molar-refractivity contribution in [2.45, 2.75) is 25.2 Å². The Morgan fingerprint density at radius 1 is 1.07 bits per heavy atom. The topological polar surface area (TPSA) is 86.7 Å². The predicted octanol–water partition coefficient (Wildman–Crippen LogP) is 3.67. The Morgan fingerprint density at radius 2 is 1.70 bits per heavy atom. The number of carbonyl (C=O) groups is 1. The number of hydrogen-bond donors (Lipinski definition) is 2. The van der Waals surface area contributed by atoms with E-state index in [1.54, 1.807) is 30.3 Å². The number of carboxylic acid groups (broad SMARTS) is 1. The van der Waals surface area contributed by atoms with E-state index in [1.165, 1.54) is 18.2 Å². The SMILES string of the molecule is C[C@@H]1C[C@@H](C)CN(c2ccc(NS(=O)(=O)c3ccccc3)cc2C(=O)O)C1. The third-order valence-electron chi connectivity index (χ3n) is 4.74. The van der Waals surface area contributed by atoms with Gasteiger partial charge in [0.2, 0.25) is 0 Å². The van der Waals surface area contributed by atoms with Crippen LogP contribution in [0, 0.1) is 11.8 Å². The minimum Gasteiger partial charge on any atom is -0.478 e. The predicted molar refractivity (Wildman–Crippen MR) is 106 cm³/mol. The van der Waals surface area contributed by atoms with Gasteiger partial charge in [0.05, 0.1) is 16.1 Å². The molecule has 1 heterocycles. The molecule has 0 aromatic heterocycles. The fourth-order valence-electron chi connectivity index (χ4n) is 3.72. The lowest BCUT2D eigenvalue weighted by Crippen LogP contribution is -2.39. The number of anilines is 2. The van der Waals surface area contributed by atoms with E-state index in [0.717, 1.165) is 19.5 Å². The van der Waals surface area contributed by atoms with Crippen molar-refractivity contribution in [2.24, 2.45) is 11.8 Å². The minimum atomic E-state index is -3.77. The standard InChI is InChI=1S/C20H24N2O4S/c1-14-10-15(2)13-22(12-14)19-9-8-16(11-18(19)20(23)24)21-27(25,26)17-6-4-3-5-7-17/h3-9,11,14-15,21H,10,12-13H2,1-2H3,(H,23,24)/t14-,15-/m1/s1. The van der Waals surface area contributed by atoms with Crippen LogP contribution in [0.2, 0.25) is 0 Å². The Balaban J connectivity index is 1.91. The average Bonchev–Trinajstić information content (AvgIpc) is 2.61. The average molecular weight is 388 g/mol. The summed E-state index contributed by atoms with van der Waals surface area (Å²) in [6.07, 6.45) is 1.12. The number of hydrogen-bond acceptors (Lipinski definition) is 4. The Bertz CT molecular complexity index is 918. The molecule has 2 N–H and O–H groups in total. The summed E-state index contributed by atoms with van der Waals surface area (Å²) in [5, 5.41) is 9.66. The van der Waals surface area contributed by atoms with Crippen LogP contribution in [0.1, 0.15) is 30.6 Å². The van der Waals surface area contributed by atoms with Crippen LogP contribution in [0.4, 0.5) is 11.4 Å². The molecule has 3 rings (SSSR count). The van der Waals surface area contributed by atoms with Crippen molar-refractivity contribution in [1.29, 1.82) is 0 Å². The molecule has 0 saturated carbocycles. The number of sulfonamides is 1. The molecular weight excluding hydrogens is 364 g/mol. The fraction of sp³-hybridized carbons (Fsp3) is 0.350. The Labute approximate surface area is 159 Å². The molecule has 0 spiro atoms. The van der Waals surface area contributed by atoms with Gasteiger partial charge in [-0.05, 0) is 48.6 Å². The molecule has 0 unspecified atom stereocenters. The molecule has 7 heteroatoms. The van der Waals surface area contributed by atoms with Crippen LogP contribution >= 0.6 is 0 Å². The zero-order chi connectivity index (χ0) is 19.6. The first-order valence-electron chi connectivity index (χ1n) is 8.96. The lowest BCUT2D eigenvalue weighted by Gasteiger charge is -2.37. The summed E-state index contributed by atoms with van der Waals surface area (Å²) >= 11 is 0. The molecule has 1 aliphatic rings. The third kappa shape index (κ3) is 4.42. The van der Waals surface area contributed by atoms with Crippen molar-refractivity contribution < 1.29 is 18.3 Å². The number of rotatable bonds is 5. The highest BCUT2D eigenvalue weighted by Gasteiger charge is 2.25. The molecular formula is C20H24N2O4S. The Hall–Kier alpha value is -2.54. The van der Waals surface area contributed by atoms with E-state index >= 15 is 0 Å². The second kappa shape index (κ2) is 7.60. The molecule has 1 fully saturated rings. The molecule has 0 bridgehead atoms. The maximum absolute atomic E-state index is 12.5. The van der Waals surface area contributed by atoms with Gasteiger partial charge in [0.25, 0.3) is 10.0 Å². The van der Waals surface area contributed by atoms with Gasteiger partial charge in [0.1, 0.15) is 0 Å². The van der Waals surface area contributed by atoms with Gasteiger partial charge in [-0.25, -0.2) is 13.2 Å². The normalized spacial score (nSPS) is 20.3. The van der Waals surface area contributed by atoms with Crippen LogP contribution in [0.5, 0.6) is 0 Å². The maximum Gasteiger partial charge on any atom is 0.337 e. The summed E-state index contributed by atoms with van der Waals surface area (Å²) in [6, 6.07) is 12.7. The summed E-state index contributed by atoms with van der Waals surface area (Å²) in [6.45, 7) is 5.90. The minimum absolute atomic E-state index is 0.101. The van der Waals surface area contributed by atoms with Crippen LogP contribution in [0.25, 0.3) is 0 Å². The van der Waals surface area contributed by atoms with Crippen LogP contribution in [-0.2, 0) is 10.0 Å². The van der Waals surface area contributed by atoms with Crippen LogP contribution in [0.15, 0.2) is 53.4 Å². The monoisotopic (exact) mass is 388 g/mol. The molecule has 2 aromatic rings. The zero-order valence-corrected chi connectivity index (χ0v) is 16.2. The third-order valence-corrected chi connectivity index (χ3v) is 6.14. The van der Waals surface area contributed by atoms with Crippen molar-refractivity contribution in [1.82, 2.24) is 0 Å². The van der Waals surface area contributed by atoms with Gasteiger partial charge in [-0.15, -0.1) is 0 Å². The summed E-state index contributed by atoms with van der Waals surface area (Å²) in [7, 11) is -3.77. The van der Waals surface area contributed by atoms with Crippen LogP contribution in [-0.4, -0.2) is 32.6 Å². The number of piperidine rings is 1.